The average Bonchev–Trinajstić information content (AvgIpc) is 3.35. The Bertz CT molecular complexity index is 1270. The molecule has 7 N–H and O–H groups in total. The quantitative estimate of drug-likeness (QED) is 0.0172. The number of carbonyl (C=O) groups is 2. The zero-order valence-corrected chi connectivity index (χ0v) is 43.8. The number of aliphatic hydroxyl groups is 7. The van der Waals surface area contributed by atoms with Gasteiger partial charge in [0.2, 0.25) is 0 Å². The summed E-state index contributed by atoms with van der Waals surface area (Å²) in [4.78, 5) is 25.8. The van der Waals surface area contributed by atoms with Crippen LogP contribution in [0.3, 0.4) is 0 Å². The van der Waals surface area contributed by atoms with Gasteiger partial charge in [0.25, 0.3) is 0 Å². The van der Waals surface area contributed by atoms with Gasteiger partial charge in [-0.05, 0) is 38.5 Å². The van der Waals surface area contributed by atoms with Crippen LogP contribution in [0.25, 0.3) is 0 Å². The molecular weight excluding hydrogens is 901 g/mol. The van der Waals surface area contributed by atoms with Crippen LogP contribution in [0.15, 0.2) is 12.2 Å². The summed E-state index contributed by atoms with van der Waals surface area (Å²) in [5.41, 5.74) is 0. The molecule has 412 valence electrons. The lowest BCUT2D eigenvalue weighted by atomic mass is 9.98. The number of hydrogen-bond acceptors (Lipinski definition) is 15. The fourth-order valence-corrected chi connectivity index (χ4v) is 9.10. The lowest BCUT2D eigenvalue weighted by Gasteiger charge is -2.42. The molecule has 0 aromatic heterocycles. The normalized spacial score (nSPS) is 25.4. The molecule has 0 bridgehead atoms. The Labute approximate surface area is 422 Å². The number of hydrogen-bond donors (Lipinski definition) is 7. The van der Waals surface area contributed by atoms with E-state index in [1.165, 1.54) is 135 Å². The maximum Gasteiger partial charge on any atom is 0.306 e. The second kappa shape index (κ2) is 42.6. The molecule has 2 fully saturated rings. The molecule has 0 radical (unpaired) electrons. The van der Waals surface area contributed by atoms with Crippen LogP contribution >= 0.6 is 0 Å². The van der Waals surface area contributed by atoms with Gasteiger partial charge in [-0.25, -0.2) is 0 Å². The minimum atomic E-state index is -1.76. The van der Waals surface area contributed by atoms with Gasteiger partial charge in [0, 0.05) is 12.8 Å². The molecule has 2 aliphatic heterocycles. The fourth-order valence-electron chi connectivity index (χ4n) is 9.10. The van der Waals surface area contributed by atoms with Crippen molar-refractivity contribution in [3.05, 3.63) is 12.2 Å². The molecule has 0 aromatic rings. The van der Waals surface area contributed by atoms with E-state index in [9.17, 15) is 45.3 Å². The average molecular weight is 1000 g/mol. The molecule has 2 aliphatic rings. The SMILES string of the molecule is CCCCCC/C=C/CCCCCCCC(=O)O[C@@H](COC(=O)CCCCCCCCCCCCCCCCCCCCCCC)CO[C@@H]1O[C@H](CO[C@@H]2O[C@H](CO)[C@H](O)C(O)C2O)[C@H](O)C(O)C1O. The maximum atomic E-state index is 13.0. The van der Waals surface area contributed by atoms with Gasteiger partial charge in [0.1, 0.15) is 55.4 Å². The van der Waals surface area contributed by atoms with E-state index < -0.39 is 92.7 Å². The zero-order valence-electron chi connectivity index (χ0n) is 43.8. The summed E-state index contributed by atoms with van der Waals surface area (Å²) in [6.07, 6.45) is 26.7. The van der Waals surface area contributed by atoms with Crippen molar-refractivity contribution >= 4 is 11.9 Å². The second-order valence-corrected chi connectivity index (χ2v) is 20.1. The summed E-state index contributed by atoms with van der Waals surface area (Å²) in [5, 5.41) is 72.2. The minimum absolute atomic E-state index is 0.159. The summed E-state index contributed by atoms with van der Waals surface area (Å²) in [7, 11) is 0. The first kappa shape index (κ1) is 64.4. The van der Waals surface area contributed by atoms with Gasteiger partial charge in [0.15, 0.2) is 18.7 Å². The third-order valence-electron chi connectivity index (χ3n) is 13.7. The van der Waals surface area contributed by atoms with E-state index in [1.807, 2.05) is 0 Å². The van der Waals surface area contributed by atoms with Crippen molar-refractivity contribution in [1.29, 1.82) is 0 Å². The summed E-state index contributed by atoms with van der Waals surface area (Å²) in [6.45, 7) is 2.61. The standard InChI is InChI=1S/C55H102O15/c1-3-5-7-9-11-13-15-17-18-19-20-21-22-23-24-26-27-29-31-33-35-37-46(57)65-40-43(68-47(58)38-36-34-32-30-28-25-16-14-12-10-8-6-4-2)41-66-54-53(64)51(62)49(60)45(70-54)42-67-55-52(63)50(61)48(59)44(39-56)69-55/h14,16,43-45,48-56,59-64H,3-13,15,17-42H2,1-2H3/b16-14+/t43-,44+,45+,48-,49-,50?,51?,52?,53?,54+,55+/m0/s1. The first-order valence-electron chi connectivity index (χ1n) is 28.3. The Morgan fingerprint density at radius 3 is 1.27 bits per heavy atom. The molecule has 15 heteroatoms. The van der Waals surface area contributed by atoms with E-state index in [4.69, 9.17) is 28.4 Å². The van der Waals surface area contributed by atoms with Crippen molar-refractivity contribution in [3.63, 3.8) is 0 Å². The van der Waals surface area contributed by atoms with Crippen molar-refractivity contribution in [2.75, 3.05) is 26.4 Å². The highest BCUT2D eigenvalue weighted by atomic mass is 16.7. The van der Waals surface area contributed by atoms with Crippen molar-refractivity contribution < 1.29 is 73.8 Å². The van der Waals surface area contributed by atoms with Crippen LogP contribution in [0.1, 0.15) is 232 Å². The predicted molar refractivity (Wildman–Crippen MR) is 271 cm³/mol. The Kier molecular flexibility index (Phi) is 39.1. The molecule has 0 aromatic carbocycles. The maximum absolute atomic E-state index is 13.0. The first-order chi connectivity index (χ1) is 34.0. The van der Waals surface area contributed by atoms with E-state index in [2.05, 4.69) is 26.0 Å². The zero-order chi connectivity index (χ0) is 51.0. The number of rotatable bonds is 45. The molecule has 2 rings (SSSR count). The molecule has 4 unspecified atom stereocenters. The highest BCUT2D eigenvalue weighted by molar-refractivity contribution is 5.70. The molecule has 2 saturated heterocycles. The highest BCUT2D eigenvalue weighted by Crippen LogP contribution is 2.27. The smallest absolute Gasteiger partial charge is 0.306 e. The van der Waals surface area contributed by atoms with E-state index in [1.54, 1.807) is 0 Å². The largest absolute Gasteiger partial charge is 0.462 e. The first-order valence-corrected chi connectivity index (χ1v) is 28.3. The van der Waals surface area contributed by atoms with Gasteiger partial charge in [-0.2, -0.15) is 0 Å². The fraction of sp³-hybridized carbons (Fsp3) is 0.927. The Morgan fingerprint density at radius 1 is 0.443 bits per heavy atom. The Balaban J connectivity index is 1.74. The molecule has 0 aliphatic carbocycles. The Hall–Kier alpha value is -1.76. The van der Waals surface area contributed by atoms with Crippen LogP contribution < -0.4 is 0 Å². The third kappa shape index (κ3) is 29.8. The minimum Gasteiger partial charge on any atom is -0.462 e. The molecular formula is C55H102O15. The monoisotopic (exact) mass is 1000 g/mol. The van der Waals surface area contributed by atoms with Crippen LogP contribution in [0.4, 0.5) is 0 Å². The van der Waals surface area contributed by atoms with Crippen molar-refractivity contribution in [2.45, 2.75) is 300 Å². The lowest BCUT2D eigenvalue weighted by Crippen LogP contribution is -2.61. The molecule has 2 heterocycles. The molecule has 0 amide bonds. The van der Waals surface area contributed by atoms with E-state index in [-0.39, 0.29) is 26.1 Å². The summed E-state index contributed by atoms with van der Waals surface area (Å²) in [6, 6.07) is 0. The molecule has 11 atom stereocenters. The second-order valence-electron chi connectivity index (χ2n) is 20.1. The summed E-state index contributed by atoms with van der Waals surface area (Å²) >= 11 is 0. The summed E-state index contributed by atoms with van der Waals surface area (Å²) in [5.74, 6) is -0.922. The van der Waals surface area contributed by atoms with Gasteiger partial charge in [0.05, 0.1) is 19.8 Å². The number of carbonyl (C=O) groups excluding carboxylic acids is 2. The van der Waals surface area contributed by atoms with E-state index in [0.29, 0.717) is 12.8 Å². The van der Waals surface area contributed by atoms with Crippen LogP contribution in [-0.4, -0.2) is 142 Å². The predicted octanol–water partition coefficient (Wildman–Crippen LogP) is 8.94. The van der Waals surface area contributed by atoms with E-state index in [0.717, 1.165) is 57.8 Å². The lowest BCUT2D eigenvalue weighted by molar-refractivity contribution is -0.332. The third-order valence-corrected chi connectivity index (χ3v) is 13.7. The summed E-state index contributed by atoms with van der Waals surface area (Å²) < 4.78 is 33.6. The van der Waals surface area contributed by atoms with Crippen molar-refractivity contribution in [2.24, 2.45) is 0 Å². The van der Waals surface area contributed by atoms with Gasteiger partial charge < -0.3 is 64.2 Å². The molecule has 0 spiro atoms. The van der Waals surface area contributed by atoms with Crippen molar-refractivity contribution in [3.8, 4) is 0 Å². The number of allylic oxidation sites excluding steroid dienone is 2. The van der Waals surface area contributed by atoms with Crippen LogP contribution in [0, 0.1) is 0 Å². The number of aliphatic hydroxyl groups excluding tert-OH is 7. The van der Waals surface area contributed by atoms with Gasteiger partial charge >= 0.3 is 11.9 Å². The number of ether oxygens (including phenoxy) is 6. The molecule has 15 nitrogen and oxygen atoms in total. The van der Waals surface area contributed by atoms with Gasteiger partial charge in [-0.1, -0.05) is 193 Å². The molecule has 0 saturated carbocycles. The molecule has 70 heavy (non-hydrogen) atoms. The topological polar surface area (TPSA) is 231 Å². The van der Waals surface area contributed by atoms with Gasteiger partial charge in [-0.3, -0.25) is 9.59 Å². The van der Waals surface area contributed by atoms with Crippen LogP contribution in [0.5, 0.6) is 0 Å². The van der Waals surface area contributed by atoms with Gasteiger partial charge in [-0.15, -0.1) is 0 Å². The number of unbranched alkanes of at least 4 members (excludes halogenated alkanes) is 29. The van der Waals surface area contributed by atoms with Crippen molar-refractivity contribution in [1.82, 2.24) is 0 Å². The van der Waals surface area contributed by atoms with Crippen LogP contribution in [-0.2, 0) is 38.0 Å². The number of esters is 2. The van der Waals surface area contributed by atoms with Crippen LogP contribution in [0.2, 0.25) is 0 Å². The Morgan fingerprint density at radius 2 is 0.814 bits per heavy atom. The van der Waals surface area contributed by atoms with E-state index >= 15 is 0 Å². The highest BCUT2D eigenvalue weighted by Gasteiger charge is 2.47.